The molecule has 0 bridgehead atoms. The second kappa shape index (κ2) is 16.8. The number of anilines is 1. The summed E-state index contributed by atoms with van der Waals surface area (Å²) in [5, 5.41) is 11.5. The Labute approximate surface area is 255 Å². The van der Waals surface area contributed by atoms with Gasteiger partial charge in [0.15, 0.2) is 17.5 Å². The van der Waals surface area contributed by atoms with Crippen LogP contribution in [0.15, 0.2) is 71.4 Å². The fraction of sp³-hybridized carbons (Fsp3) is 0.233. The number of Topliss-reactive ketones (excluding diaryl/α,β-unsaturated/α-hetero) is 2. The second-order valence-electron chi connectivity index (χ2n) is 8.86. The van der Waals surface area contributed by atoms with Crippen LogP contribution in [-0.4, -0.2) is 70.1 Å². The number of ketones is 2. The first kappa shape index (κ1) is 35.5. The predicted octanol–water partition coefficient (Wildman–Crippen LogP) is 2.40. The first-order valence-corrected chi connectivity index (χ1v) is 16.5. The summed E-state index contributed by atoms with van der Waals surface area (Å²) in [6.07, 6.45) is 4.04. The number of para-hydroxylation sites is 1. The van der Waals surface area contributed by atoms with Crippen molar-refractivity contribution in [3.63, 3.8) is 0 Å². The molecular formula is C30H32AsNO12. The minimum atomic E-state index is -5.14. The molecule has 0 unspecified atom stereocenters. The van der Waals surface area contributed by atoms with Gasteiger partial charge in [-0.2, -0.15) is 0 Å². The number of rotatable bonds is 12. The van der Waals surface area contributed by atoms with Gasteiger partial charge in [-0.05, 0) is 31.5 Å². The smallest absolute Gasteiger partial charge is 0.324 e. The molecule has 44 heavy (non-hydrogen) atoms. The van der Waals surface area contributed by atoms with E-state index in [0.29, 0.717) is 11.1 Å². The van der Waals surface area contributed by atoms with E-state index in [4.69, 9.17) is 22.1 Å². The number of carbonyl (C=O) groups is 5. The van der Waals surface area contributed by atoms with Gasteiger partial charge in [-0.1, -0.05) is 36.4 Å². The minimum Gasteiger partial charge on any atom is -0.465 e. The maximum atomic E-state index is 12.2. The molecule has 0 radical (unpaired) electrons. The average Bonchev–Trinajstić information content (AvgIpc) is 3.50. The van der Waals surface area contributed by atoms with Gasteiger partial charge in [0.1, 0.15) is 0 Å². The molecule has 0 saturated carbocycles. The van der Waals surface area contributed by atoms with Crippen molar-refractivity contribution in [1.82, 2.24) is 0 Å². The molecular weight excluding hydrogens is 641 g/mol. The molecule has 0 fully saturated rings. The number of furan rings is 1. The van der Waals surface area contributed by atoms with Gasteiger partial charge in [0, 0.05) is 5.56 Å². The summed E-state index contributed by atoms with van der Waals surface area (Å²) in [5.41, 5.74) is 0.810. The summed E-state index contributed by atoms with van der Waals surface area (Å²) in [6.45, 7) is 4.78. The molecule has 234 valence electrons. The molecule has 13 nitrogen and oxygen atoms in total. The molecule has 2 aromatic carbocycles. The van der Waals surface area contributed by atoms with Crippen molar-refractivity contribution in [2.24, 2.45) is 5.92 Å². The van der Waals surface area contributed by atoms with Gasteiger partial charge in [-0.3, -0.25) is 19.2 Å². The van der Waals surface area contributed by atoms with E-state index in [1.54, 1.807) is 50.3 Å². The Morgan fingerprint density at radius 3 is 2.02 bits per heavy atom. The zero-order valence-corrected chi connectivity index (χ0v) is 26.0. The van der Waals surface area contributed by atoms with E-state index < -0.39 is 43.7 Å². The summed E-state index contributed by atoms with van der Waals surface area (Å²) in [7, 11) is 0. The Kier molecular flexibility index (Phi) is 13.6. The Balaban J connectivity index is 0.000000378. The average molecular weight is 674 g/mol. The summed E-state index contributed by atoms with van der Waals surface area (Å²) in [4.78, 5) is 58.9. The SMILES string of the molecule is CC(=O)Nc1c(O)cccc1[As](=O)(O)O.CCOC(=O)C(C=Cc1ccc(C(=O)CC(=O)c2ccco2)cc1)C(=O)OCC. The third-order valence-corrected chi connectivity index (χ3v) is 7.65. The monoisotopic (exact) mass is 673 g/mol. The van der Waals surface area contributed by atoms with Crippen LogP contribution in [0.2, 0.25) is 0 Å². The third-order valence-electron chi connectivity index (χ3n) is 5.55. The molecule has 1 heterocycles. The summed E-state index contributed by atoms with van der Waals surface area (Å²) in [5.74, 6) is -4.01. The zero-order valence-electron chi connectivity index (χ0n) is 24.1. The molecule has 1 amide bonds. The van der Waals surface area contributed by atoms with Crippen LogP contribution < -0.4 is 9.67 Å². The fourth-order valence-corrected chi connectivity index (χ4v) is 5.11. The van der Waals surface area contributed by atoms with E-state index in [1.807, 2.05) is 0 Å². The number of aromatic hydroxyl groups is 1. The quantitative estimate of drug-likeness (QED) is 0.0719. The van der Waals surface area contributed by atoms with Gasteiger partial charge in [0.2, 0.25) is 5.78 Å². The standard InChI is InChI=1S/C22H22O7.C8H10AsNO5/c1-3-27-21(25)17(22(26)28-4-2)12-9-15-7-10-16(11-8-15)18(23)14-19(24)20-6-5-13-29-20;1-5(11)10-8-6(9(13,14)15)3-2-4-7(8)12/h5-13,17H,3-4,14H2,1-2H3;2-4,12H,1H3,(H,10,11)(H2,13,14,15). The molecule has 3 aromatic rings. The van der Waals surface area contributed by atoms with Gasteiger partial charge in [-0.25, -0.2) is 0 Å². The van der Waals surface area contributed by atoms with Crippen LogP contribution in [0.1, 0.15) is 53.7 Å². The van der Waals surface area contributed by atoms with Crippen molar-refractivity contribution in [1.29, 1.82) is 0 Å². The van der Waals surface area contributed by atoms with Gasteiger partial charge in [-0.15, -0.1) is 0 Å². The van der Waals surface area contributed by atoms with Crippen LogP contribution >= 0.6 is 0 Å². The van der Waals surface area contributed by atoms with Gasteiger partial charge in [0.25, 0.3) is 0 Å². The van der Waals surface area contributed by atoms with Gasteiger partial charge < -0.3 is 13.9 Å². The number of ether oxygens (including phenoxy) is 2. The normalized spacial score (nSPS) is 11.0. The summed E-state index contributed by atoms with van der Waals surface area (Å²) in [6, 6.07) is 13.2. The van der Waals surface area contributed by atoms with Gasteiger partial charge >= 0.3 is 100 Å². The molecule has 1 aromatic heterocycles. The topological polar surface area (TPSA) is 207 Å². The molecule has 0 aliphatic carbocycles. The van der Waals surface area contributed by atoms with Crippen molar-refractivity contribution >= 4 is 59.7 Å². The number of phenols is 1. The third kappa shape index (κ3) is 10.8. The summed E-state index contributed by atoms with van der Waals surface area (Å²) >= 11 is -5.14. The van der Waals surface area contributed by atoms with Crippen LogP contribution in [0.4, 0.5) is 5.69 Å². The first-order chi connectivity index (χ1) is 20.8. The summed E-state index contributed by atoms with van der Waals surface area (Å²) < 4.78 is 43.6. The molecule has 3 rings (SSSR count). The largest absolute Gasteiger partial charge is 0.465 e. The molecule has 0 spiro atoms. The van der Waals surface area contributed by atoms with Crippen molar-refractivity contribution in [2.45, 2.75) is 27.2 Å². The van der Waals surface area contributed by atoms with Crippen molar-refractivity contribution < 1.29 is 54.9 Å². The van der Waals surface area contributed by atoms with Crippen LogP contribution in [-0.2, 0) is 27.6 Å². The first-order valence-electron chi connectivity index (χ1n) is 13.2. The van der Waals surface area contributed by atoms with Crippen LogP contribution in [0.25, 0.3) is 6.08 Å². The van der Waals surface area contributed by atoms with Crippen LogP contribution in [0, 0.1) is 5.92 Å². The van der Waals surface area contributed by atoms with Crippen LogP contribution in [0.3, 0.4) is 0 Å². The number of hydrogen-bond acceptors (Lipinski definition) is 10. The Morgan fingerprint density at radius 1 is 0.909 bits per heavy atom. The van der Waals surface area contributed by atoms with Crippen molar-refractivity contribution in [3.8, 4) is 5.75 Å². The number of carbonyl (C=O) groups excluding carboxylic acids is 5. The maximum absolute atomic E-state index is 12.2. The van der Waals surface area contributed by atoms with E-state index in [1.165, 1.54) is 43.5 Å². The molecule has 14 heteroatoms. The number of benzene rings is 2. The predicted molar refractivity (Wildman–Crippen MR) is 157 cm³/mol. The Morgan fingerprint density at radius 2 is 1.52 bits per heavy atom. The van der Waals surface area contributed by atoms with E-state index in [0.717, 1.165) is 0 Å². The van der Waals surface area contributed by atoms with E-state index >= 15 is 0 Å². The van der Waals surface area contributed by atoms with Gasteiger partial charge in [0.05, 0.1) is 25.9 Å². The Hall–Kier alpha value is -4.71. The minimum absolute atomic E-state index is 0.141. The fourth-order valence-electron chi connectivity index (χ4n) is 3.55. The van der Waals surface area contributed by atoms with E-state index in [2.05, 4.69) is 5.32 Å². The number of phenolic OH excluding ortho intramolecular Hbond substituents is 1. The van der Waals surface area contributed by atoms with E-state index in [9.17, 15) is 32.8 Å². The number of amides is 1. The molecule has 0 aliphatic heterocycles. The van der Waals surface area contributed by atoms with E-state index in [-0.39, 0.29) is 47.0 Å². The molecule has 4 N–H and O–H groups in total. The van der Waals surface area contributed by atoms with Crippen LogP contribution in [0.5, 0.6) is 5.75 Å². The number of hydrogen-bond donors (Lipinski definition) is 4. The number of nitrogens with one attached hydrogen (secondary N) is 1. The maximum Gasteiger partial charge on any atom is 0.324 e. The number of esters is 2. The second-order valence-corrected chi connectivity index (χ2v) is 12.2. The zero-order chi connectivity index (χ0) is 32.9. The molecule has 0 aliphatic rings. The molecule has 0 atom stereocenters. The molecule has 0 saturated heterocycles. The van der Waals surface area contributed by atoms with Crippen molar-refractivity contribution in [2.75, 3.05) is 18.5 Å². The Bertz CT molecular complexity index is 1520. The van der Waals surface area contributed by atoms with Crippen molar-refractivity contribution in [3.05, 3.63) is 83.8 Å².